The predicted molar refractivity (Wildman–Crippen MR) is 86.8 cm³/mol. The number of fused-ring (bicyclic) bond motifs is 1. The van der Waals surface area contributed by atoms with Gasteiger partial charge in [-0.2, -0.15) is 0 Å². The number of hydrogen-bond donors (Lipinski definition) is 1. The first-order chi connectivity index (χ1) is 10.3. The molecule has 1 heterocycles. The van der Waals surface area contributed by atoms with Gasteiger partial charge in [-0.15, -0.1) is 0 Å². The number of aliphatic hydroxyl groups excluding tert-OH is 1. The minimum Gasteiger partial charge on any atom is -0.390 e. The average Bonchev–Trinajstić information content (AvgIpc) is 2.56. The van der Waals surface area contributed by atoms with E-state index in [1.165, 1.54) is 0 Å². The highest BCUT2D eigenvalue weighted by Crippen LogP contribution is 2.32. The van der Waals surface area contributed by atoms with Crippen LogP contribution in [0.3, 0.4) is 0 Å². The summed E-state index contributed by atoms with van der Waals surface area (Å²) < 4.78 is 0. The van der Waals surface area contributed by atoms with Crippen molar-refractivity contribution in [3.8, 4) is 0 Å². The molecule has 2 aromatic carbocycles. The standard InChI is InChI=1S/C18H18N2O/c1-2-20(15-8-4-3-5-9-15)18-12-14(13-21)19-17-11-7-6-10-16(17)18/h3-12,21H,2,13H2,1H3. The normalized spacial score (nSPS) is 10.8. The maximum atomic E-state index is 9.47. The molecule has 0 spiro atoms. The van der Waals surface area contributed by atoms with Gasteiger partial charge < -0.3 is 10.0 Å². The van der Waals surface area contributed by atoms with Crippen LogP contribution in [0.15, 0.2) is 60.7 Å². The maximum absolute atomic E-state index is 9.47. The van der Waals surface area contributed by atoms with E-state index in [1.807, 2.05) is 42.5 Å². The topological polar surface area (TPSA) is 36.4 Å². The van der Waals surface area contributed by atoms with E-state index in [4.69, 9.17) is 0 Å². The number of benzene rings is 2. The Bertz CT molecular complexity index is 741. The lowest BCUT2D eigenvalue weighted by atomic mass is 10.1. The van der Waals surface area contributed by atoms with Crippen LogP contribution in [-0.2, 0) is 6.61 Å². The molecule has 0 fully saturated rings. The largest absolute Gasteiger partial charge is 0.390 e. The van der Waals surface area contributed by atoms with Crippen molar-refractivity contribution < 1.29 is 5.11 Å². The van der Waals surface area contributed by atoms with Crippen LogP contribution < -0.4 is 4.90 Å². The van der Waals surface area contributed by atoms with E-state index >= 15 is 0 Å². The van der Waals surface area contributed by atoms with Gasteiger partial charge in [0, 0.05) is 17.6 Å². The lowest BCUT2D eigenvalue weighted by Crippen LogP contribution is -2.17. The summed E-state index contributed by atoms with van der Waals surface area (Å²) >= 11 is 0. The second-order valence-electron chi connectivity index (χ2n) is 4.89. The number of hydrogen-bond acceptors (Lipinski definition) is 3. The molecule has 0 bridgehead atoms. The first-order valence-electron chi connectivity index (χ1n) is 7.15. The third-order valence-corrected chi connectivity index (χ3v) is 3.58. The van der Waals surface area contributed by atoms with E-state index in [0.29, 0.717) is 5.69 Å². The summed E-state index contributed by atoms with van der Waals surface area (Å²) in [6.07, 6.45) is 0. The first kappa shape index (κ1) is 13.6. The molecule has 106 valence electrons. The van der Waals surface area contributed by atoms with Gasteiger partial charge >= 0.3 is 0 Å². The Morgan fingerprint density at radius 2 is 1.71 bits per heavy atom. The van der Waals surface area contributed by atoms with E-state index < -0.39 is 0 Å². The van der Waals surface area contributed by atoms with Crippen LogP contribution in [0, 0.1) is 0 Å². The van der Waals surface area contributed by atoms with Gasteiger partial charge in [0.1, 0.15) is 0 Å². The van der Waals surface area contributed by atoms with Crippen LogP contribution in [0.4, 0.5) is 11.4 Å². The number of nitrogens with zero attached hydrogens (tertiary/aromatic N) is 2. The van der Waals surface area contributed by atoms with Crippen LogP contribution in [0.25, 0.3) is 10.9 Å². The van der Waals surface area contributed by atoms with Crippen LogP contribution >= 0.6 is 0 Å². The van der Waals surface area contributed by atoms with Gasteiger partial charge in [0.25, 0.3) is 0 Å². The average molecular weight is 278 g/mol. The number of aromatic nitrogens is 1. The number of para-hydroxylation sites is 2. The molecule has 0 aliphatic heterocycles. The zero-order valence-corrected chi connectivity index (χ0v) is 12.0. The van der Waals surface area contributed by atoms with Crippen molar-refractivity contribution in [1.29, 1.82) is 0 Å². The third-order valence-electron chi connectivity index (χ3n) is 3.58. The third kappa shape index (κ3) is 2.60. The molecule has 21 heavy (non-hydrogen) atoms. The van der Waals surface area contributed by atoms with Gasteiger partial charge in [-0.1, -0.05) is 36.4 Å². The highest BCUT2D eigenvalue weighted by molar-refractivity contribution is 5.94. The fourth-order valence-corrected chi connectivity index (χ4v) is 2.61. The number of pyridine rings is 1. The molecule has 1 aromatic heterocycles. The van der Waals surface area contributed by atoms with Crippen molar-refractivity contribution in [3.05, 3.63) is 66.4 Å². The quantitative estimate of drug-likeness (QED) is 0.786. The van der Waals surface area contributed by atoms with Gasteiger partial charge in [0.05, 0.1) is 23.5 Å². The Kier molecular flexibility index (Phi) is 3.84. The van der Waals surface area contributed by atoms with Crippen molar-refractivity contribution in [2.45, 2.75) is 13.5 Å². The molecular formula is C18H18N2O. The molecular weight excluding hydrogens is 260 g/mol. The zero-order chi connectivity index (χ0) is 14.7. The Morgan fingerprint density at radius 1 is 1.00 bits per heavy atom. The van der Waals surface area contributed by atoms with E-state index in [2.05, 4.69) is 35.0 Å². The fraction of sp³-hybridized carbons (Fsp3) is 0.167. The van der Waals surface area contributed by atoms with Gasteiger partial charge in [-0.25, -0.2) is 0 Å². The van der Waals surface area contributed by atoms with Crippen molar-refractivity contribution >= 4 is 22.3 Å². The van der Waals surface area contributed by atoms with E-state index in [-0.39, 0.29) is 6.61 Å². The lowest BCUT2D eigenvalue weighted by molar-refractivity contribution is 0.277. The molecule has 0 saturated heterocycles. The first-order valence-corrected chi connectivity index (χ1v) is 7.15. The van der Waals surface area contributed by atoms with Crippen molar-refractivity contribution in [2.24, 2.45) is 0 Å². The van der Waals surface area contributed by atoms with Gasteiger partial charge in [0.15, 0.2) is 0 Å². The lowest BCUT2D eigenvalue weighted by Gasteiger charge is -2.25. The van der Waals surface area contributed by atoms with Gasteiger partial charge in [-0.05, 0) is 31.2 Å². The Labute approximate surface area is 124 Å². The maximum Gasteiger partial charge on any atom is 0.0854 e. The molecule has 0 saturated carbocycles. The number of rotatable bonds is 4. The fourth-order valence-electron chi connectivity index (χ4n) is 2.61. The van der Waals surface area contributed by atoms with Crippen LogP contribution in [-0.4, -0.2) is 16.6 Å². The monoisotopic (exact) mass is 278 g/mol. The Hall–Kier alpha value is -2.39. The Morgan fingerprint density at radius 3 is 2.43 bits per heavy atom. The van der Waals surface area contributed by atoms with Gasteiger partial charge in [0.2, 0.25) is 0 Å². The molecule has 3 rings (SSSR count). The molecule has 0 amide bonds. The summed E-state index contributed by atoms with van der Waals surface area (Å²) in [5, 5.41) is 10.6. The van der Waals surface area contributed by atoms with Crippen LogP contribution in [0.2, 0.25) is 0 Å². The van der Waals surface area contributed by atoms with E-state index in [0.717, 1.165) is 28.8 Å². The minimum atomic E-state index is -0.0514. The SMILES string of the molecule is CCN(c1ccccc1)c1cc(CO)nc2ccccc12. The molecule has 0 radical (unpaired) electrons. The van der Waals surface area contributed by atoms with Crippen molar-refractivity contribution in [1.82, 2.24) is 4.98 Å². The zero-order valence-electron chi connectivity index (χ0n) is 12.0. The summed E-state index contributed by atoms with van der Waals surface area (Å²) in [6.45, 7) is 2.92. The second kappa shape index (κ2) is 5.94. The highest BCUT2D eigenvalue weighted by atomic mass is 16.3. The summed E-state index contributed by atoms with van der Waals surface area (Å²) in [4.78, 5) is 6.73. The predicted octanol–water partition coefficient (Wildman–Crippen LogP) is 3.89. The number of anilines is 2. The second-order valence-corrected chi connectivity index (χ2v) is 4.89. The molecule has 1 N–H and O–H groups in total. The molecule has 0 atom stereocenters. The summed E-state index contributed by atoms with van der Waals surface area (Å²) in [5.41, 5.74) is 3.82. The summed E-state index contributed by atoms with van der Waals surface area (Å²) in [6, 6.07) is 20.3. The van der Waals surface area contributed by atoms with Crippen molar-refractivity contribution in [2.75, 3.05) is 11.4 Å². The number of aliphatic hydroxyl groups is 1. The smallest absolute Gasteiger partial charge is 0.0854 e. The molecule has 3 aromatic rings. The molecule has 3 heteroatoms. The summed E-state index contributed by atoms with van der Waals surface area (Å²) in [7, 11) is 0. The Balaban J connectivity index is 2.22. The van der Waals surface area contributed by atoms with E-state index in [1.54, 1.807) is 0 Å². The van der Waals surface area contributed by atoms with Crippen LogP contribution in [0.5, 0.6) is 0 Å². The highest BCUT2D eigenvalue weighted by Gasteiger charge is 2.12. The van der Waals surface area contributed by atoms with Gasteiger partial charge in [-0.3, -0.25) is 4.98 Å². The molecule has 3 nitrogen and oxygen atoms in total. The molecule has 0 unspecified atom stereocenters. The van der Waals surface area contributed by atoms with Crippen LogP contribution in [0.1, 0.15) is 12.6 Å². The molecule has 0 aliphatic rings. The van der Waals surface area contributed by atoms with Crippen molar-refractivity contribution in [3.63, 3.8) is 0 Å². The van der Waals surface area contributed by atoms with E-state index in [9.17, 15) is 5.11 Å². The minimum absolute atomic E-state index is 0.0514. The molecule has 0 aliphatic carbocycles. The summed E-state index contributed by atoms with van der Waals surface area (Å²) in [5.74, 6) is 0.